The number of thiazole rings is 1. The van der Waals surface area contributed by atoms with Gasteiger partial charge in [-0.1, -0.05) is 0 Å². The Morgan fingerprint density at radius 3 is 2.85 bits per heavy atom. The van der Waals surface area contributed by atoms with E-state index < -0.39 is 36.8 Å². The quantitative estimate of drug-likeness (QED) is 0.501. The van der Waals surface area contributed by atoms with Gasteiger partial charge in [-0.15, -0.1) is 11.3 Å². The summed E-state index contributed by atoms with van der Waals surface area (Å²) in [7, 11) is 0. The maximum Gasteiger partial charge on any atom is 0.352 e. The summed E-state index contributed by atoms with van der Waals surface area (Å²) in [6.45, 7) is -0.474. The molecule has 1 saturated heterocycles. The summed E-state index contributed by atoms with van der Waals surface area (Å²) in [5.41, 5.74) is 6.71. The molecule has 20 heavy (non-hydrogen) atoms. The molecule has 5 N–H and O–H groups in total. The molecule has 9 nitrogen and oxygen atoms in total. The normalized spacial score (nSPS) is 30.1. The monoisotopic (exact) mass is 300 g/mol. The van der Waals surface area contributed by atoms with Crippen molar-refractivity contribution in [3.05, 3.63) is 16.0 Å². The smallest absolute Gasteiger partial charge is 0.352 e. The van der Waals surface area contributed by atoms with E-state index in [9.17, 15) is 15.0 Å². The van der Waals surface area contributed by atoms with Crippen molar-refractivity contribution in [3.63, 3.8) is 0 Å². The number of ether oxygens (including phenoxy) is 1. The van der Waals surface area contributed by atoms with Gasteiger partial charge in [-0.05, 0) is 0 Å². The molecule has 0 saturated carbocycles. The second-order valence-corrected chi connectivity index (χ2v) is 5.22. The molecule has 3 heterocycles. The molecule has 2 aromatic rings. The van der Waals surface area contributed by atoms with Crippen LogP contribution < -0.4 is 11.4 Å². The Kier molecular flexibility index (Phi) is 3.18. The van der Waals surface area contributed by atoms with Gasteiger partial charge in [0.15, 0.2) is 12.0 Å². The SMILES string of the molecule is Nc1nc(=O)n([C@@H]2O[C@@H](CO)[C@@H](O)[C@H]2O)c2scnc12. The van der Waals surface area contributed by atoms with E-state index in [4.69, 9.17) is 15.6 Å². The molecule has 2 aromatic heterocycles. The van der Waals surface area contributed by atoms with Crippen LogP contribution in [0.25, 0.3) is 10.3 Å². The van der Waals surface area contributed by atoms with Crippen LogP contribution in [0.15, 0.2) is 10.3 Å². The van der Waals surface area contributed by atoms with Gasteiger partial charge in [0.1, 0.15) is 28.7 Å². The topological polar surface area (TPSA) is 144 Å². The van der Waals surface area contributed by atoms with Crippen molar-refractivity contribution in [1.29, 1.82) is 0 Å². The lowest BCUT2D eigenvalue weighted by Gasteiger charge is -2.17. The molecule has 0 aliphatic carbocycles. The van der Waals surface area contributed by atoms with Crippen LogP contribution in [0.3, 0.4) is 0 Å². The zero-order valence-electron chi connectivity index (χ0n) is 10.1. The van der Waals surface area contributed by atoms with Gasteiger partial charge in [-0.2, -0.15) is 4.98 Å². The minimum atomic E-state index is -1.36. The first-order chi connectivity index (χ1) is 9.54. The van der Waals surface area contributed by atoms with Gasteiger partial charge in [0, 0.05) is 0 Å². The van der Waals surface area contributed by atoms with Crippen molar-refractivity contribution < 1.29 is 20.1 Å². The van der Waals surface area contributed by atoms with E-state index in [2.05, 4.69) is 9.97 Å². The number of hydrogen-bond donors (Lipinski definition) is 4. The van der Waals surface area contributed by atoms with E-state index in [1.165, 1.54) is 5.51 Å². The predicted molar refractivity (Wildman–Crippen MR) is 69.1 cm³/mol. The van der Waals surface area contributed by atoms with E-state index >= 15 is 0 Å². The first kappa shape index (κ1) is 13.4. The summed E-state index contributed by atoms with van der Waals surface area (Å²) >= 11 is 1.14. The van der Waals surface area contributed by atoms with Crippen LogP contribution in [0, 0.1) is 0 Å². The second-order valence-electron chi connectivity index (χ2n) is 4.38. The van der Waals surface area contributed by atoms with Crippen molar-refractivity contribution in [3.8, 4) is 0 Å². The van der Waals surface area contributed by atoms with Gasteiger partial charge < -0.3 is 25.8 Å². The van der Waals surface area contributed by atoms with Crippen LogP contribution in [0.1, 0.15) is 6.23 Å². The summed E-state index contributed by atoms with van der Waals surface area (Å²) in [4.78, 5) is 20.0. The lowest BCUT2D eigenvalue weighted by Crippen LogP contribution is -2.36. The Bertz CT molecular complexity index is 701. The zero-order chi connectivity index (χ0) is 14.4. The van der Waals surface area contributed by atoms with Gasteiger partial charge in [0.25, 0.3) is 0 Å². The summed E-state index contributed by atoms with van der Waals surface area (Å²) < 4.78 is 6.42. The maximum absolute atomic E-state index is 12.0. The third-order valence-electron chi connectivity index (χ3n) is 3.20. The molecule has 4 atom stereocenters. The number of nitrogen functional groups attached to an aromatic ring is 1. The summed E-state index contributed by atoms with van der Waals surface area (Å²) in [5, 5.41) is 28.8. The molecular weight excluding hydrogens is 288 g/mol. The number of nitrogens with zero attached hydrogens (tertiary/aromatic N) is 3. The highest BCUT2D eigenvalue weighted by Gasteiger charge is 2.44. The molecule has 1 fully saturated rings. The van der Waals surface area contributed by atoms with Crippen LogP contribution in [0.2, 0.25) is 0 Å². The molecule has 0 bridgehead atoms. The lowest BCUT2D eigenvalue weighted by molar-refractivity contribution is -0.0525. The average molecular weight is 300 g/mol. The van der Waals surface area contributed by atoms with Crippen LogP contribution >= 0.6 is 11.3 Å². The number of aliphatic hydroxyl groups excluding tert-OH is 3. The van der Waals surface area contributed by atoms with Crippen LogP contribution in [0.4, 0.5) is 5.82 Å². The van der Waals surface area contributed by atoms with Gasteiger partial charge in [-0.25, -0.2) is 9.78 Å². The van der Waals surface area contributed by atoms with Gasteiger partial charge in [0.2, 0.25) is 0 Å². The molecule has 10 heteroatoms. The molecule has 0 radical (unpaired) electrons. The summed E-state index contributed by atoms with van der Waals surface area (Å²) in [6, 6.07) is 0. The fourth-order valence-corrected chi connectivity index (χ4v) is 3.02. The minimum absolute atomic E-state index is 0.00533. The molecule has 0 unspecified atom stereocenters. The molecular formula is C10H12N4O5S. The van der Waals surface area contributed by atoms with Gasteiger partial charge in [0.05, 0.1) is 12.1 Å². The Labute approximate surface area is 115 Å². The number of aliphatic hydroxyl groups is 3. The molecule has 1 aliphatic heterocycles. The maximum atomic E-state index is 12.0. The fourth-order valence-electron chi connectivity index (χ4n) is 2.20. The highest BCUT2D eigenvalue weighted by Crippen LogP contribution is 2.32. The number of fused-ring (bicyclic) bond motifs is 1. The number of hydrogen-bond acceptors (Lipinski definition) is 9. The summed E-state index contributed by atoms with van der Waals surface area (Å²) in [5.74, 6) is -0.00533. The molecule has 1 aliphatic rings. The van der Waals surface area contributed by atoms with E-state index in [-0.39, 0.29) is 5.82 Å². The predicted octanol–water partition coefficient (Wildman–Crippen LogP) is -1.95. The highest BCUT2D eigenvalue weighted by molar-refractivity contribution is 7.16. The van der Waals surface area contributed by atoms with Crippen molar-refractivity contribution >= 4 is 27.5 Å². The van der Waals surface area contributed by atoms with Crippen LogP contribution in [0.5, 0.6) is 0 Å². The standard InChI is InChI=1S/C10H12N4O5S/c11-7-4-9(20-2-12-4)14(10(18)13-7)8-6(17)5(16)3(1-15)19-8/h2-3,5-6,8,15-17H,1H2,(H2,11,13,18)/t3-,5+,6+,8+/m0/s1. The molecule has 3 rings (SSSR count). The first-order valence-corrected chi connectivity index (χ1v) is 6.66. The Balaban J connectivity index is 2.16. The van der Waals surface area contributed by atoms with Crippen molar-refractivity contribution in [2.75, 3.05) is 12.3 Å². The Morgan fingerprint density at radius 1 is 1.45 bits per heavy atom. The number of anilines is 1. The van der Waals surface area contributed by atoms with E-state index in [1.54, 1.807) is 0 Å². The lowest BCUT2D eigenvalue weighted by atomic mass is 10.1. The molecule has 0 aromatic carbocycles. The summed E-state index contributed by atoms with van der Waals surface area (Å²) in [6.07, 6.45) is -4.77. The van der Waals surface area contributed by atoms with Crippen LogP contribution in [-0.4, -0.2) is 54.8 Å². The van der Waals surface area contributed by atoms with Gasteiger partial charge >= 0.3 is 5.69 Å². The van der Waals surface area contributed by atoms with E-state index in [1.807, 2.05) is 0 Å². The largest absolute Gasteiger partial charge is 0.394 e. The third kappa shape index (κ3) is 1.81. The number of aromatic nitrogens is 3. The number of rotatable bonds is 2. The van der Waals surface area contributed by atoms with E-state index in [0.29, 0.717) is 10.3 Å². The second kappa shape index (κ2) is 4.75. The van der Waals surface area contributed by atoms with Crippen molar-refractivity contribution in [2.24, 2.45) is 0 Å². The van der Waals surface area contributed by atoms with E-state index in [0.717, 1.165) is 15.9 Å². The van der Waals surface area contributed by atoms with Crippen molar-refractivity contribution in [2.45, 2.75) is 24.5 Å². The Hall–Kier alpha value is -1.59. The Morgan fingerprint density at radius 2 is 2.20 bits per heavy atom. The third-order valence-corrected chi connectivity index (χ3v) is 4.03. The van der Waals surface area contributed by atoms with Gasteiger partial charge in [-0.3, -0.25) is 4.57 Å². The minimum Gasteiger partial charge on any atom is -0.394 e. The highest BCUT2D eigenvalue weighted by atomic mass is 32.1. The average Bonchev–Trinajstić information content (AvgIpc) is 2.99. The molecule has 0 spiro atoms. The number of nitrogens with two attached hydrogens (primary N) is 1. The zero-order valence-corrected chi connectivity index (χ0v) is 10.9. The van der Waals surface area contributed by atoms with Crippen molar-refractivity contribution in [1.82, 2.24) is 14.5 Å². The molecule has 108 valence electrons. The first-order valence-electron chi connectivity index (χ1n) is 5.78. The molecule has 0 amide bonds. The van der Waals surface area contributed by atoms with Crippen LogP contribution in [-0.2, 0) is 4.74 Å². The fraction of sp³-hybridized carbons (Fsp3) is 0.500.